The maximum absolute atomic E-state index is 5.92. The number of rotatable bonds is 3. The molecule has 14 heavy (non-hydrogen) atoms. The van der Waals surface area contributed by atoms with Crippen LogP contribution in [0.1, 0.15) is 44.9 Å². The fraction of sp³-hybridized carbons (Fsp3) is 1.00. The molecule has 2 rings (SSSR count). The smallest absolute Gasteiger partial charge is 0.00415 e. The van der Waals surface area contributed by atoms with Gasteiger partial charge in [0.1, 0.15) is 0 Å². The predicted octanol–water partition coefficient (Wildman–Crippen LogP) is 1.99. The lowest BCUT2D eigenvalue weighted by Gasteiger charge is -2.27. The lowest BCUT2D eigenvalue weighted by molar-refractivity contribution is 0.213. The van der Waals surface area contributed by atoms with Crippen LogP contribution in [0.3, 0.4) is 0 Å². The second kappa shape index (κ2) is 5.13. The van der Waals surface area contributed by atoms with Gasteiger partial charge in [0.05, 0.1) is 0 Å². The first-order valence-electron chi connectivity index (χ1n) is 6.32. The van der Waals surface area contributed by atoms with Crippen LogP contribution in [0, 0.1) is 5.92 Å². The molecule has 2 N–H and O–H groups in total. The highest BCUT2D eigenvalue weighted by atomic mass is 15.1. The number of hydrogen-bond donors (Lipinski definition) is 1. The molecule has 2 unspecified atom stereocenters. The average Bonchev–Trinajstić information content (AvgIpc) is 2.63. The molecule has 2 atom stereocenters. The SMILES string of the molecule is NC1CCC(CCN2CCCCC2)C1. The van der Waals surface area contributed by atoms with Crippen molar-refractivity contribution in [2.45, 2.75) is 51.0 Å². The van der Waals surface area contributed by atoms with Gasteiger partial charge >= 0.3 is 0 Å². The molecule has 0 aromatic heterocycles. The molecule has 1 saturated heterocycles. The number of likely N-dealkylation sites (tertiary alicyclic amines) is 1. The van der Waals surface area contributed by atoms with Crippen LogP contribution in [-0.4, -0.2) is 30.6 Å². The van der Waals surface area contributed by atoms with Crippen LogP contribution in [0.4, 0.5) is 0 Å². The topological polar surface area (TPSA) is 29.3 Å². The molecule has 0 aromatic carbocycles. The van der Waals surface area contributed by atoms with E-state index in [4.69, 9.17) is 5.73 Å². The Labute approximate surface area is 87.8 Å². The Morgan fingerprint density at radius 3 is 2.50 bits per heavy atom. The van der Waals surface area contributed by atoms with Gasteiger partial charge in [0.15, 0.2) is 0 Å². The number of nitrogens with zero attached hydrogens (tertiary/aromatic N) is 1. The minimum atomic E-state index is 0.515. The molecule has 0 bridgehead atoms. The van der Waals surface area contributed by atoms with Crippen LogP contribution in [0.25, 0.3) is 0 Å². The first kappa shape index (κ1) is 10.4. The molecule has 2 fully saturated rings. The average molecular weight is 196 g/mol. The van der Waals surface area contributed by atoms with E-state index in [0.717, 1.165) is 5.92 Å². The summed E-state index contributed by atoms with van der Waals surface area (Å²) in [5.41, 5.74) is 5.92. The van der Waals surface area contributed by atoms with Gasteiger partial charge in [0, 0.05) is 6.04 Å². The fourth-order valence-electron chi connectivity index (χ4n) is 2.92. The van der Waals surface area contributed by atoms with Crippen LogP contribution in [-0.2, 0) is 0 Å². The van der Waals surface area contributed by atoms with Crippen molar-refractivity contribution in [2.75, 3.05) is 19.6 Å². The van der Waals surface area contributed by atoms with Gasteiger partial charge in [-0.2, -0.15) is 0 Å². The van der Waals surface area contributed by atoms with E-state index in [0.29, 0.717) is 6.04 Å². The van der Waals surface area contributed by atoms with Gasteiger partial charge in [-0.3, -0.25) is 0 Å². The molecule has 1 aliphatic carbocycles. The monoisotopic (exact) mass is 196 g/mol. The van der Waals surface area contributed by atoms with E-state index in [9.17, 15) is 0 Å². The summed E-state index contributed by atoms with van der Waals surface area (Å²) in [5.74, 6) is 0.937. The van der Waals surface area contributed by atoms with Crippen molar-refractivity contribution >= 4 is 0 Å². The summed E-state index contributed by atoms with van der Waals surface area (Å²) in [6, 6.07) is 0.515. The molecule has 2 nitrogen and oxygen atoms in total. The van der Waals surface area contributed by atoms with Gasteiger partial charge < -0.3 is 10.6 Å². The first-order valence-corrected chi connectivity index (χ1v) is 6.32. The summed E-state index contributed by atoms with van der Waals surface area (Å²) in [6.45, 7) is 4.02. The molecular formula is C12H24N2. The Kier molecular flexibility index (Phi) is 3.82. The highest BCUT2D eigenvalue weighted by Crippen LogP contribution is 2.27. The van der Waals surface area contributed by atoms with E-state index < -0.39 is 0 Å². The Balaban J connectivity index is 1.61. The zero-order valence-electron chi connectivity index (χ0n) is 9.25. The minimum absolute atomic E-state index is 0.515. The third-order valence-corrected chi connectivity index (χ3v) is 3.88. The van der Waals surface area contributed by atoms with E-state index in [1.807, 2.05) is 0 Å². The molecule has 0 spiro atoms. The predicted molar refractivity (Wildman–Crippen MR) is 60.2 cm³/mol. The second-order valence-corrected chi connectivity index (χ2v) is 5.13. The fourth-order valence-corrected chi connectivity index (χ4v) is 2.92. The normalized spacial score (nSPS) is 34.9. The standard InChI is InChI=1S/C12H24N2/c13-12-5-4-11(10-12)6-9-14-7-2-1-3-8-14/h11-12H,1-10,13H2. The molecule has 0 radical (unpaired) electrons. The Morgan fingerprint density at radius 1 is 1.07 bits per heavy atom. The van der Waals surface area contributed by atoms with Gasteiger partial charge in [0.2, 0.25) is 0 Å². The van der Waals surface area contributed by atoms with Crippen LogP contribution in [0.5, 0.6) is 0 Å². The van der Waals surface area contributed by atoms with Crippen LogP contribution < -0.4 is 5.73 Å². The van der Waals surface area contributed by atoms with Crippen molar-refractivity contribution in [3.05, 3.63) is 0 Å². The quantitative estimate of drug-likeness (QED) is 0.748. The molecule has 1 heterocycles. The summed E-state index contributed by atoms with van der Waals surface area (Å²) < 4.78 is 0. The molecule has 2 heteroatoms. The third-order valence-electron chi connectivity index (χ3n) is 3.88. The lowest BCUT2D eigenvalue weighted by Crippen LogP contribution is -2.31. The van der Waals surface area contributed by atoms with Gasteiger partial charge in [-0.15, -0.1) is 0 Å². The molecular weight excluding hydrogens is 172 g/mol. The van der Waals surface area contributed by atoms with Crippen LogP contribution in [0.15, 0.2) is 0 Å². The Hall–Kier alpha value is -0.0800. The highest BCUT2D eigenvalue weighted by Gasteiger charge is 2.22. The first-order chi connectivity index (χ1) is 6.84. The van der Waals surface area contributed by atoms with Crippen molar-refractivity contribution in [2.24, 2.45) is 11.7 Å². The minimum Gasteiger partial charge on any atom is -0.328 e. The highest BCUT2D eigenvalue weighted by molar-refractivity contribution is 4.78. The van der Waals surface area contributed by atoms with Crippen molar-refractivity contribution < 1.29 is 0 Å². The van der Waals surface area contributed by atoms with Gasteiger partial charge in [-0.1, -0.05) is 6.42 Å². The Bertz CT molecular complexity index is 159. The van der Waals surface area contributed by atoms with Crippen molar-refractivity contribution in [3.8, 4) is 0 Å². The van der Waals surface area contributed by atoms with Crippen LogP contribution in [0.2, 0.25) is 0 Å². The van der Waals surface area contributed by atoms with E-state index in [1.165, 1.54) is 64.6 Å². The molecule has 2 aliphatic rings. The van der Waals surface area contributed by atoms with E-state index >= 15 is 0 Å². The largest absolute Gasteiger partial charge is 0.328 e. The summed E-state index contributed by atoms with van der Waals surface area (Å²) in [5, 5.41) is 0. The summed E-state index contributed by atoms with van der Waals surface area (Å²) in [7, 11) is 0. The van der Waals surface area contributed by atoms with Crippen molar-refractivity contribution in [1.82, 2.24) is 4.90 Å². The summed E-state index contributed by atoms with van der Waals surface area (Å²) in [4.78, 5) is 2.65. The van der Waals surface area contributed by atoms with E-state index in [1.54, 1.807) is 0 Å². The molecule has 1 saturated carbocycles. The summed E-state index contributed by atoms with van der Waals surface area (Å²) in [6.07, 6.45) is 9.63. The second-order valence-electron chi connectivity index (χ2n) is 5.13. The van der Waals surface area contributed by atoms with Crippen molar-refractivity contribution in [1.29, 1.82) is 0 Å². The van der Waals surface area contributed by atoms with Crippen molar-refractivity contribution in [3.63, 3.8) is 0 Å². The third kappa shape index (κ3) is 2.96. The molecule has 0 amide bonds. The lowest BCUT2D eigenvalue weighted by atomic mass is 10.0. The number of piperidine rings is 1. The Morgan fingerprint density at radius 2 is 1.86 bits per heavy atom. The zero-order valence-corrected chi connectivity index (χ0v) is 9.25. The van der Waals surface area contributed by atoms with Gasteiger partial charge in [-0.25, -0.2) is 0 Å². The van der Waals surface area contributed by atoms with Gasteiger partial charge in [-0.05, 0) is 64.1 Å². The van der Waals surface area contributed by atoms with Crippen LogP contribution >= 0.6 is 0 Å². The maximum Gasteiger partial charge on any atom is 0.00415 e. The molecule has 0 aromatic rings. The molecule has 1 aliphatic heterocycles. The molecule has 82 valence electrons. The zero-order chi connectivity index (χ0) is 9.80. The van der Waals surface area contributed by atoms with E-state index in [-0.39, 0.29) is 0 Å². The summed E-state index contributed by atoms with van der Waals surface area (Å²) >= 11 is 0. The number of hydrogen-bond acceptors (Lipinski definition) is 2. The van der Waals surface area contributed by atoms with Gasteiger partial charge in [0.25, 0.3) is 0 Å². The van der Waals surface area contributed by atoms with E-state index in [2.05, 4.69) is 4.90 Å². The maximum atomic E-state index is 5.92. The number of nitrogens with two attached hydrogens (primary N) is 1.